The number of rotatable bonds is 3. The van der Waals surface area contributed by atoms with Crippen molar-refractivity contribution in [2.75, 3.05) is 13.2 Å². The van der Waals surface area contributed by atoms with Gasteiger partial charge in [0.25, 0.3) is 0 Å². The van der Waals surface area contributed by atoms with Crippen LogP contribution in [0.1, 0.15) is 28.9 Å². The van der Waals surface area contributed by atoms with E-state index >= 15 is 0 Å². The maximum atomic E-state index is 10.9. The van der Waals surface area contributed by atoms with E-state index < -0.39 is 5.97 Å². The van der Waals surface area contributed by atoms with Crippen molar-refractivity contribution < 1.29 is 14.6 Å². The summed E-state index contributed by atoms with van der Waals surface area (Å²) in [6.45, 7) is 4.12. The van der Waals surface area contributed by atoms with Gasteiger partial charge in [0.15, 0.2) is 0 Å². The molecule has 1 saturated heterocycles. The molecule has 1 aromatic rings. The summed E-state index contributed by atoms with van der Waals surface area (Å²) in [6, 6.07) is 0. The first-order valence-corrected chi connectivity index (χ1v) is 5.52. The first-order chi connectivity index (χ1) is 7.66. The third-order valence-electron chi connectivity index (χ3n) is 2.96. The van der Waals surface area contributed by atoms with Gasteiger partial charge >= 0.3 is 5.97 Å². The Morgan fingerprint density at radius 3 is 2.88 bits per heavy atom. The fourth-order valence-corrected chi connectivity index (χ4v) is 2.01. The van der Waals surface area contributed by atoms with Gasteiger partial charge in [-0.1, -0.05) is 0 Å². The minimum Gasteiger partial charge on any atom is -0.478 e. The zero-order valence-corrected chi connectivity index (χ0v) is 9.35. The van der Waals surface area contributed by atoms with E-state index in [0.29, 0.717) is 17.2 Å². The summed E-state index contributed by atoms with van der Waals surface area (Å²) in [4.78, 5) is 10.9. The SMILES string of the molecule is Cc1nn(CC2CCOCC2)cc1C(=O)O. The molecule has 0 radical (unpaired) electrons. The predicted molar refractivity (Wildman–Crippen MR) is 57.5 cm³/mol. The summed E-state index contributed by atoms with van der Waals surface area (Å²) in [5.74, 6) is -0.356. The van der Waals surface area contributed by atoms with Crippen LogP contribution >= 0.6 is 0 Å². The number of carboxylic acids is 1. The molecule has 1 aliphatic heterocycles. The van der Waals surface area contributed by atoms with Crippen molar-refractivity contribution in [3.63, 3.8) is 0 Å². The molecule has 5 nitrogen and oxygen atoms in total. The molecule has 16 heavy (non-hydrogen) atoms. The highest BCUT2D eigenvalue weighted by atomic mass is 16.5. The van der Waals surface area contributed by atoms with E-state index in [1.807, 2.05) is 0 Å². The number of carbonyl (C=O) groups is 1. The van der Waals surface area contributed by atoms with E-state index in [1.165, 1.54) is 0 Å². The summed E-state index contributed by atoms with van der Waals surface area (Å²) < 4.78 is 7.03. The number of nitrogens with zero attached hydrogens (tertiary/aromatic N) is 2. The van der Waals surface area contributed by atoms with Crippen LogP contribution in [-0.4, -0.2) is 34.1 Å². The molecule has 0 saturated carbocycles. The highest BCUT2D eigenvalue weighted by molar-refractivity contribution is 5.88. The van der Waals surface area contributed by atoms with Crippen LogP contribution in [0.2, 0.25) is 0 Å². The fourth-order valence-electron chi connectivity index (χ4n) is 2.01. The molecule has 0 amide bonds. The second kappa shape index (κ2) is 4.65. The Morgan fingerprint density at radius 2 is 2.31 bits per heavy atom. The number of hydrogen-bond donors (Lipinski definition) is 1. The van der Waals surface area contributed by atoms with Crippen molar-refractivity contribution in [3.05, 3.63) is 17.5 Å². The fraction of sp³-hybridized carbons (Fsp3) is 0.636. The van der Waals surface area contributed by atoms with Crippen LogP contribution in [0.5, 0.6) is 0 Å². The maximum Gasteiger partial charge on any atom is 0.339 e. The molecule has 2 heterocycles. The maximum absolute atomic E-state index is 10.9. The van der Waals surface area contributed by atoms with Crippen molar-refractivity contribution in [2.45, 2.75) is 26.3 Å². The van der Waals surface area contributed by atoms with Crippen LogP contribution in [-0.2, 0) is 11.3 Å². The van der Waals surface area contributed by atoms with Gasteiger partial charge in [-0.15, -0.1) is 0 Å². The Labute approximate surface area is 94.0 Å². The van der Waals surface area contributed by atoms with E-state index in [9.17, 15) is 4.79 Å². The predicted octanol–water partition coefficient (Wildman–Crippen LogP) is 1.32. The summed E-state index contributed by atoms with van der Waals surface area (Å²) in [7, 11) is 0. The number of carboxylic acid groups (broad SMARTS) is 1. The van der Waals surface area contributed by atoms with E-state index in [2.05, 4.69) is 5.10 Å². The number of aryl methyl sites for hydroxylation is 1. The van der Waals surface area contributed by atoms with Crippen molar-refractivity contribution in [3.8, 4) is 0 Å². The third kappa shape index (κ3) is 2.41. The van der Waals surface area contributed by atoms with Crippen LogP contribution in [0, 0.1) is 12.8 Å². The molecule has 1 aromatic heterocycles. The third-order valence-corrected chi connectivity index (χ3v) is 2.96. The number of hydrogen-bond acceptors (Lipinski definition) is 3. The van der Waals surface area contributed by atoms with Crippen LogP contribution in [0.15, 0.2) is 6.20 Å². The Morgan fingerprint density at radius 1 is 1.62 bits per heavy atom. The average Bonchev–Trinajstić information content (AvgIpc) is 2.61. The Hall–Kier alpha value is -1.36. The van der Waals surface area contributed by atoms with Crippen molar-refractivity contribution in [1.82, 2.24) is 9.78 Å². The normalized spacial score (nSPS) is 17.6. The van der Waals surface area contributed by atoms with Crippen LogP contribution < -0.4 is 0 Å². The topological polar surface area (TPSA) is 64.4 Å². The molecule has 0 unspecified atom stereocenters. The van der Waals surface area contributed by atoms with Crippen LogP contribution in [0.4, 0.5) is 0 Å². The van der Waals surface area contributed by atoms with Gasteiger partial charge in [0.2, 0.25) is 0 Å². The number of aromatic carboxylic acids is 1. The monoisotopic (exact) mass is 224 g/mol. The van der Waals surface area contributed by atoms with E-state index in [0.717, 1.165) is 32.6 Å². The number of ether oxygens (including phenoxy) is 1. The van der Waals surface area contributed by atoms with Gasteiger partial charge in [0, 0.05) is 26.0 Å². The lowest BCUT2D eigenvalue weighted by Gasteiger charge is -2.21. The van der Waals surface area contributed by atoms with Gasteiger partial charge in [-0.3, -0.25) is 4.68 Å². The van der Waals surface area contributed by atoms with Gasteiger partial charge in [-0.05, 0) is 25.7 Å². The minimum absolute atomic E-state index is 0.298. The molecule has 0 bridgehead atoms. The van der Waals surface area contributed by atoms with Crippen LogP contribution in [0.25, 0.3) is 0 Å². The van der Waals surface area contributed by atoms with Crippen molar-refractivity contribution >= 4 is 5.97 Å². The van der Waals surface area contributed by atoms with Crippen molar-refractivity contribution in [1.29, 1.82) is 0 Å². The molecule has 1 fully saturated rings. The molecule has 88 valence electrons. The molecule has 2 rings (SSSR count). The number of aromatic nitrogens is 2. The standard InChI is InChI=1S/C11H16N2O3/c1-8-10(11(14)15)7-13(12-8)6-9-2-4-16-5-3-9/h7,9H,2-6H2,1H3,(H,14,15). The van der Waals surface area contributed by atoms with Gasteiger partial charge in [-0.2, -0.15) is 5.10 Å². The van der Waals surface area contributed by atoms with E-state index in [1.54, 1.807) is 17.8 Å². The zero-order chi connectivity index (χ0) is 11.5. The highest BCUT2D eigenvalue weighted by Gasteiger charge is 2.17. The molecule has 5 heteroatoms. The van der Waals surface area contributed by atoms with Gasteiger partial charge in [-0.25, -0.2) is 4.79 Å². The molecule has 0 aliphatic carbocycles. The summed E-state index contributed by atoms with van der Waals surface area (Å²) >= 11 is 0. The summed E-state index contributed by atoms with van der Waals surface area (Å²) in [6.07, 6.45) is 3.68. The van der Waals surface area contributed by atoms with E-state index in [4.69, 9.17) is 9.84 Å². The lowest BCUT2D eigenvalue weighted by molar-refractivity contribution is 0.0600. The highest BCUT2D eigenvalue weighted by Crippen LogP contribution is 2.17. The molecular weight excluding hydrogens is 208 g/mol. The lowest BCUT2D eigenvalue weighted by atomic mass is 10.0. The Bertz CT molecular complexity index is 381. The molecule has 0 spiro atoms. The second-order valence-electron chi connectivity index (χ2n) is 4.21. The smallest absolute Gasteiger partial charge is 0.339 e. The first-order valence-electron chi connectivity index (χ1n) is 5.52. The minimum atomic E-state index is -0.907. The summed E-state index contributed by atoms with van der Waals surface area (Å²) in [5.41, 5.74) is 0.881. The molecule has 0 aromatic carbocycles. The van der Waals surface area contributed by atoms with Gasteiger partial charge in [0.1, 0.15) is 5.56 Å². The quantitative estimate of drug-likeness (QED) is 0.840. The zero-order valence-electron chi connectivity index (χ0n) is 9.35. The second-order valence-corrected chi connectivity index (χ2v) is 4.21. The molecular formula is C11H16N2O3. The van der Waals surface area contributed by atoms with Gasteiger partial charge < -0.3 is 9.84 Å². The first kappa shape index (κ1) is 11.1. The largest absolute Gasteiger partial charge is 0.478 e. The lowest BCUT2D eigenvalue weighted by Crippen LogP contribution is -2.20. The molecule has 1 N–H and O–H groups in total. The average molecular weight is 224 g/mol. The van der Waals surface area contributed by atoms with E-state index in [-0.39, 0.29) is 0 Å². The van der Waals surface area contributed by atoms with Crippen LogP contribution in [0.3, 0.4) is 0 Å². The molecule has 0 atom stereocenters. The van der Waals surface area contributed by atoms with Crippen molar-refractivity contribution in [2.24, 2.45) is 5.92 Å². The Kier molecular flexibility index (Phi) is 3.24. The summed E-state index contributed by atoms with van der Waals surface area (Å²) in [5, 5.41) is 13.1. The van der Waals surface area contributed by atoms with Gasteiger partial charge in [0.05, 0.1) is 5.69 Å². The molecule has 1 aliphatic rings. The Balaban J connectivity index is 2.03.